The summed E-state index contributed by atoms with van der Waals surface area (Å²) in [5.74, 6) is -2.61. The minimum absolute atomic E-state index is 0.0211. The predicted molar refractivity (Wildman–Crippen MR) is 138 cm³/mol. The SMILES string of the molecule is COC(=O)NC[C@H]1CN(c2cc(F)c(N3CCN(C(=O)CNC(=O)c4cn5ccncc5n4)CC3)c(F)c2)C(=O)O1. The first-order valence-corrected chi connectivity index (χ1v) is 12.6. The first-order valence-electron chi connectivity index (χ1n) is 12.6. The number of hydrogen-bond acceptors (Lipinski definition) is 9. The quantitative estimate of drug-likeness (QED) is 0.418. The summed E-state index contributed by atoms with van der Waals surface area (Å²) in [5.41, 5.74) is 0.332. The topological polar surface area (TPSA) is 151 Å². The zero-order chi connectivity index (χ0) is 29.1. The van der Waals surface area contributed by atoms with E-state index in [1.807, 2.05) is 0 Å². The smallest absolute Gasteiger partial charge is 0.414 e. The number of amides is 4. The molecular formula is C25H26F2N8O6. The molecule has 0 aliphatic carbocycles. The van der Waals surface area contributed by atoms with Gasteiger partial charge in [0.05, 0.1) is 38.6 Å². The highest BCUT2D eigenvalue weighted by atomic mass is 19.1. The molecule has 0 radical (unpaired) electrons. The van der Waals surface area contributed by atoms with Crippen molar-refractivity contribution >= 4 is 41.0 Å². The van der Waals surface area contributed by atoms with Crippen LogP contribution in [-0.2, 0) is 14.3 Å². The molecule has 2 aromatic heterocycles. The van der Waals surface area contributed by atoms with Gasteiger partial charge < -0.3 is 34.3 Å². The van der Waals surface area contributed by atoms with E-state index < -0.39 is 35.8 Å². The van der Waals surface area contributed by atoms with Gasteiger partial charge in [-0.15, -0.1) is 0 Å². The molecule has 3 aromatic rings. The van der Waals surface area contributed by atoms with Crippen LogP contribution in [0.5, 0.6) is 0 Å². The number of nitrogens with one attached hydrogen (secondary N) is 2. The van der Waals surface area contributed by atoms with Crippen LogP contribution in [0.15, 0.2) is 36.9 Å². The van der Waals surface area contributed by atoms with Gasteiger partial charge in [0.2, 0.25) is 5.91 Å². The van der Waals surface area contributed by atoms with E-state index in [1.54, 1.807) is 16.8 Å². The molecule has 4 amide bonds. The van der Waals surface area contributed by atoms with Gasteiger partial charge in [0.1, 0.15) is 17.5 Å². The number of alkyl carbamates (subject to hydrolysis) is 1. The molecule has 14 nitrogen and oxygen atoms in total. The maximum absolute atomic E-state index is 15.1. The number of piperazine rings is 1. The van der Waals surface area contributed by atoms with E-state index in [4.69, 9.17) is 4.74 Å². The Morgan fingerprint density at radius 1 is 1.12 bits per heavy atom. The number of carbonyl (C=O) groups excluding carboxylic acids is 4. The summed E-state index contributed by atoms with van der Waals surface area (Å²) < 4.78 is 41.5. The van der Waals surface area contributed by atoms with Crippen LogP contribution in [0, 0.1) is 11.6 Å². The predicted octanol–water partition coefficient (Wildman–Crippen LogP) is 0.767. The standard InChI is InChI=1S/C25H26F2N8O6/c1-40-24(38)30-10-16-13-35(25(39)41-16)15-8-17(26)22(18(27)9-15)33-6-4-32(5-7-33)21(36)12-29-23(37)19-14-34-3-2-28-11-20(34)31-19/h2-3,8-9,11,14,16H,4-7,10,12-13H2,1H3,(H,29,37)(H,30,38)/t16-/m0/s1. The van der Waals surface area contributed by atoms with E-state index >= 15 is 8.78 Å². The van der Waals surface area contributed by atoms with Crippen LogP contribution in [0.1, 0.15) is 10.5 Å². The number of halogens is 2. The second-order valence-electron chi connectivity index (χ2n) is 9.27. The lowest BCUT2D eigenvalue weighted by Gasteiger charge is -2.36. The van der Waals surface area contributed by atoms with Crippen molar-refractivity contribution in [1.82, 2.24) is 29.9 Å². The van der Waals surface area contributed by atoms with Crippen molar-refractivity contribution < 1.29 is 37.4 Å². The van der Waals surface area contributed by atoms with Crippen LogP contribution in [0.25, 0.3) is 5.65 Å². The van der Waals surface area contributed by atoms with Crippen LogP contribution >= 0.6 is 0 Å². The number of ether oxygens (including phenoxy) is 2. The Labute approximate surface area is 231 Å². The first kappa shape index (κ1) is 27.5. The number of methoxy groups -OCH3 is 1. The second kappa shape index (κ2) is 11.6. The van der Waals surface area contributed by atoms with Gasteiger partial charge in [-0.25, -0.2) is 23.4 Å². The van der Waals surface area contributed by atoms with Crippen molar-refractivity contribution in [3.63, 3.8) is 0 Å². The summed E-state index contributed by atoms with van der Waals surface area (Å²) in [5, 5.41) is 4.95. The number of aromatic nitrogens is 3. The molecule has 2 aliphatic heterocycles. The summed E-state index contributed by atoms with van der Waals surface area (Å²) in [7, 11) is 1.19. The van der Waals surface area contributed by atoms with Gasteiger partial charge in [0.15, 0.2) is 17.3 Å². The monoisotopic (exact) mass is 572 g/mol. The van der Waals surface area contributed by atoms with Crippen molar-refractivity contribution in [3.05, 3.63) is 54.2 Å². The molecule has 0 saturated carbocycles. The summed E-state index contributed by atoms with van der Waals surface area (Å²) in [4.78, 5) is 60.7. The average Bonchev–Trinajstić information content (AvgIpc) is 3.57. The van der Waals surface area contributed by atoms with Gasteiger partial charge in [-0.2, -0.15) is 0 Å². The fourth-order valence-corrected chi connectivity index (χ4v) is 4.61. The molecule has 216 valence electrons. The number of rotatable bonds is 7. The average molecular weight is 573 g/mol. The van der Waals surface area contributed by atoms with Crippen LogP contribution < -0.4 is 20.4 Å². The lowest BCUT2D eigenvalue weighted by Crippen LogP contribution is -2.51. The highest BCUT2D eigenvalue weighted by Gasteiger charge is 2.34. The van der Waals surface area contributed by atoms with Crippen molar-refractivity contribution in [3.8, 4) is 0 Å². The summed E-state index contributed by atoms with van der Waals surface area (Å²) in [6.45, 7) is 0.365. The number of hydrogen-bond donors (Lipinski definition) is 2. The van der Waals surface area contributed by atoms with Crippen molar-refractivity contribution in [2.24, 2.45) is 0 Å². The third-order valence-electron chi connectivity index (χ3n) is 6.69. The minimum atomic E-state index is -0.876. The van der Waals surface area contributed by atoms with E-state index in [0.29, 0.717) is 5.65 Å². The zero-order valence-corrected chi connectivity index (χ0v) is 21.9. The highest BCUT2D eigenvalue weighted by molar-refractivity contribution is 5.95. The molecule has 2 aliphatic rings. The number of cyclic esters (lactones) is 1. The number of benzene rings is 1. The third kappa shape index (κ3) is 5.95. The molecule has 2 fully saturated rings. The Morgan fingerprint density at radius 3 is 2.54 bits per heavy atom. The van der Waals surface area contributed by atoms with Crippen molar-refractivity contribution in [2.75, 3.05) is 62.7 Å². The Bertz CT molecular complexity index is 1440. The normalized spacial score (nSPS) is 17.0. The minimum Gasteiger partial charge on any atom is -0.453 e. The molecule has 1 aromatic carbocycles. The van der Waals surface area contributed by atoms with Crippen LogP contribution in [0.2, 0.25) is 0 Å². The van der Waals surface area contributed by atoms with Gasteiger partial charge in [0, 0.05) is 56.9 Å². The fraction of sp³-hybridized carbons (Fsp3) is 0.360. The number of fused-ring (bicyclic) bond motifs is 1. The summed E-state index contributed by atoms with van der Waals surface area (Å²) in [6, 6.07) is 2.08. The second-order valence-corrected chi connectivity index (χ2v) is 9.27. The van der Waals surface area contributed by atoms with Gasteiger partial charge in [-0.05, 0) is 0 Å². The molecule has 2 saturated heterocycles. The molecule has 5 rings (SSSR count). The number of nitrogens with zero attached hydrogens (tertiary/aromatic N) is 6. The number of anilines is 2. The van der Waals surface area contributed by atoms with E-state index in [2.05, 4.69) is 25.3 Å². The highest BCUT2D eigenvalue weighted by Crippen LogP contribution is 2.31. The zero-order valence-electron chi connectivity index (χ0n) is 21.9. The van der Waals surface area contributed by atoms with E-state index in [9.17, 15) is 19.2 Å². The Kier molecular flexibility index (Phi) is 7.80. The molecule has 1 atom stereocenters. The Morgan fingerprint density at radius 2 is 1.85 bits per heavy atom. The fourth-order valence-electron chi connectivity index (χ4n) is 4.61. The van der Waals surface area contributed by atoms with Crippen molar-refractivity contribution in [2.45, 2.75) is 6.10 Å². The van der Waals surface area contributed by atoms with E-state index in [1.165, 1.54) is 29.3 Å². The maximum Gasteiger partial charge on any atom is 0.414 e. The number of carbonyl (C=O) groups is 4. The molecule has 0 bridgehead atoms. The van der Waals surface area contributed by atoms with Gasteiger partial charge >= 0.3 is 12.2 Å². The molecule has 16 heteroatoms. The largest absolute Gasteiger partial charge is 0.453 e. The first-order chi connectivity index (χ1) is 19.7. The van der Waals surface area contributed by atoms with Gasteiger partial charge in [-0.3, -0.25) is 19.5 Å². The Balaban J connectivity index is 1.14. The number of imidazole rings is 1. The lowest BCUT2D eigenvalue weighted by molar-refractivity contribution is -0.130. The molecule has 2 N–H and O–H groups in total. The maximum atomic E-state index is 15.1. The molecular weight excluding hydrogens is 546 g/mol. The lowest BCUT2D eigenvalue weighted by atomic mass is 10.2. The van der Waals surface area contributed by atoms with E-state index in [-0.39, 0.29) is 68.8 Å². The molecule has 41 heavy (non-hydrogen) atoms. The van der Waals surface area contributed by atoms with Crippen LogP contribution in [-0.4, -0.2) is 102 Å². The summed E-state index contributed by atoms with van der Waals surface area (Å²) >= 11 is 0. The third-order valence-corrected chi connectivity index (χ3v) is 6.69. The van der Waals surface area contributed by atoms with Crippen molar-refractivity contribution in [1.29, 1.82) is 0 Å². The molecule has 0 spiro atoms. The van der Waals surface area contributed by atoms with Crippen LogP contribution in [0.4, 0.5) is 29.7 Å². The van der Waals surface area contributed by atoms with Gasteiger partial charge in [0.25, 0.3) is 5.91 Å². The molecule has 0 unspecified atom stereocenters. The Hall–Kier alpha value is -5.02. The summed E-state index contributed by atoms with van der Waals surface area (Å²) in [6.07, 6.45) is 4.01. The van der Waals surface area contributed by atoms with Gasteiger partial charge in [-0.1, -0.05) is 0 Å². The van der Waals surface area contributed by atoms with E-state index in [0.717, 1.165) is 17.0 Å². The molecule has 4 heterocycles. The van der Waals surface area contributed by atoms with Crippen LogP contribution in [0.3, 0.4) is 0 Å².